The van der Waals surface area contributed by atoms with Gasteiger partial charge in [0, 0.05) is 23.5 Å². The van der Waals surface area contributed by atoms with Crippen molar-refractivity contribution in [2.45, 2.75) is 6.61 Å². The zero-order valence-corrected chi connectivity index (χ0v) is 11.9. The van der Waals surface area contributed by atoms with Crippen LogP contribution in [0.15, 0.2) is 67.0 Å². The van der Waals surface area contributed by atoms with Gasteiger partial charge in [0.25, 0.3) is 0 Å². The molecular weight excluding hydrogens is 279 g/mol. The molecule has 0 saturated heterocycles. The van der Waals surface area contributed by atoms with Crippen LogP contribution < -0.4 is 10.5 Å². The fourth-order valence-corrected chi connectivity index (χ4v) is 2.18. The van der Waals surface area contributed by atoms with Gasteiger partial charge >= 0.3 is 0 Å². The van der Waals surface area contributed by atoms with Crippen LogP contribution in [0.4, 0.5) is 10.1 Å². The van der Waals surface area contributed by atoms with E-state index in [1.54, 1.807) is 18.3 Å². The third-order valence-corrected chi connectivity index (χ3v) is 3.22. The van der Waals surface area contributed by atoms with Crippen molar-refractivity contribution in [1.82, 2.24) is 4.98 Å². The first-order valence-electron chi connectivity index (χ1n) is 6.89. The molecule has 0 aliphatic carbocycles. The predicted molar refractivity (Wildman–Crippen MR) is 84.8 cm³/mol. The van der Waals surface area contributed by atoms with E-state index in [-0.39, 0.29) is 5.82 Å². The molecule has 0 atom stereocenters. The molecule has 0 aliphatic rings. The number of ether oxygens (including phenoxy) is 1. The minimum Gasteiger partial charge on any atom is -0.489 e. The van der Waals surface area contributed by atoms with Crippen molar-refractivity contribution in [1.29, 1.82) is 0 Å². The second kappa shape index (κ2) is 6.26. The standard InChI is InChI=1S/C18H15FN2O/c19-16-6-15(10-21-11-16)14-7-17(20)9-18(8-14)22-12-13-4-2-1-3-5-13/h1-11H,12,20H2. The zero-order valence-electron chi connectivity index (χ0n) is 11.9. The summed E-state index contributed by atoms with van der Waals surface area (Å²) in [4.78, 5) is 3.86. The van der Waals surface area contributed by atoms with E-state index in [1.165, 1.54) is 12.3 Å². The van der Waals surface area contributed by atoms with Gasteiger partial charge in [0.05, 0.1) is 6.20 Å². The van der Waals surface area contributed by atoms with Crippen molar-refractivity contribution in [3.63, 3.8) is 0 Å². The van der Waals surface area contributed by atoms with Crippen LogP contribution in [0.2, 0.25) is 0 Å². The Bertz CT molecular complexity index is 775. The van der Waals surface area contributed by atoms with E-state index in [1.807, 2.05) is 36.4 Å². The summed E-state index contributed by atoms with van der Waals surface area (Å²) in [6, 6.07) is 16.6. The van der Waals surface area contributed by atoms with E-state index in [2.05, 4.69) is 4.98 Å². The second-order valence-corrected chi connectivity index (χ2v) is 4.96. The van der Waals surface area contributed by atoms with E-state index in [4.69, 9.17) is 10.5 Å². The van der Waals surface area contributed by atoms with Crippen molar-refractivity contribution in [2.75, 3.05) is 5.73 Å². The summed E-state index contributed by atoms with van der Waals surface area (Å²) in [6.07, 6.45) is 2.77. The number of halogens is 1. The fraction of sp³-hybridized carbons (Fsp3) is 0.0556. The predicted octanol–water partition coefficient (Wildman–Crippen LogP) is 4.05. The van der Waals surface area contributed by atoms with E-state index >= 15 is 0 Å². The lowest BCUT2D eigenvalue weighted by Gasteiger charge is -2.10. The molecule has 0 fully saturated rings. The first kappa shape index (κ1) is 14.1. The molecule has 3 rings (SSSR count). The van der Waals surface area contributed by atoms with Gasteiger partial charge < -0.3 is 10.5 Å². The first-order chi connectivity index (χ1) is 10.7. The van der Waals surface area contributed by atoms with E-state index < -0.39 is 0 Å². The van der Waals surface area contributed by atoms with Crippen LogP contribution in [0.1, 0.15) is 5.56 Å². The number of anilines is 1. The summed E-state index contributed by atoms with van der Waals surface area (Å²) in [5, 5.41) is 0. The summed E-state index contributed by atoms with van der Waals surface area (Å²) in [5.41, 5.74) is 8.98. The monoisotopic (exact) mass is 294 g/mol. The van der Waals surface area contributed by atoms with Gasteiger partial charge in [-0.3, -0.25) is 4.98 Å². The fourth-order valence-electron chi connectivity index (χ4n) is 2.18. The van der Waals surface area contributed by atoms with Gasteiger partial charge in [0.1, 0.15) is 18.2 Å². The maximum atomic E-state index is 13.3. The minimum absolute atomic E-state index is 0.383. The Morgan fingerprint density at radius 2 is 1.77 bits per heavy atom. The highest BCUT2D eigenvalue weighted by Crippen LogP contribution is 2.27. The van der Waals surface area contributed by atoms with Crippen molar-refractivity contribution in [3.8, 4) is 16.9 Å². The lowest BCUT2D eigenvalue weighted by molar-refractivity contribution is 0.306. The van der Waals surface area contributed by atoms with Crippen LogP contribution in [-0.4, -0.2) is 4.98 Å². The largest absolute Gasteiger partial charge is 0.489 e. The molecule has 2 N–H and O–H groups in total. The normalized spacial score (nSPS) is 10.4. The molecule has 0 amide bonds. The Kier molecular flexibility index (Phi) is 4.01. The van der Waals surface area contributed by atoms with E-state index in [0.717, 1.165) is 11.1 Å². The van der Waals surface area contributed by atoms with Gasteiger partial charge in [0.15, 0.2) is 0 Å². The molecule has 0 bridgehead atoms. The minimum atomic E-state index is -0.383. The quantitative estimate of drug-likeness (QED) is 0.738. The number of hydrogen-bond acceptors (Lipinski definition) is 3. The number of nitrogens with two attached hydrogens (primary N) is 1. The van der Waals surface area contributed by atoms with Crippen molar-refractivity contribution in [2.24, 2.45) is 0 Å². The smallest absolute Gasteiger partial charge is 0.142 e. The highest BCUT2D eigenvalue weighted by Gasteiger charge is 2.05. The lowest BCUT2D eigenvalue weighted by atomic mass is 10.1. The third-order valence-electron chi connectivity index (χ3n) is 3.22. The summed E-state index contributed by atoms with van der Waals surface area (Å²) < 4.78 is 19.1. The molecule has 1 heterocycles. The van der Waals surface area contributed by atoms with Crippen LogP contribution in [0.5, 0.6) is 5.75 Å². The number of nitrogens with zero attached hydrogens (tertiary/aromatic N) is 1. The van der Waals surface area contributed by atoms with Crippen LogP contribution >= 0.6 is 0 Å². The summed E-state index contributed by atoms with van der Waals surface area (Å²) >= 11 is 0. The number of rotatable bonds is 4. The summed E-state index contributed by atoms with van der Waals surface area (Å²) in [5.74, 6) is 0.259. The van der Waals surface area contributed by atoms with Gasteiger partial charge in [0.2, 0.25) is 0 Å². The topological polar surface area (TPSA) is 48.1 Å². The van der Waals surface area contributed by atoms with Crippen LogP contribution in [0.3, 0.4) is 0 Å². The molecule has 2 aromatic carbocycles. The maximum absolute atomic E-state index is 13.3. The van der Waals surface area contributed by atoms with Gasteiger partial charge in [-0.1, -0.05) is 30.3 Å². The molecule has 4 heteroatoms. The Hall–Kier alpha value is -2.88. The molecule has 0 saturated carbocycles. The Morgan fingerprint density at radius 1 is 0.955 bits per heavy atom. The number of hydrogen-bond donors (Lipinski definition) is 1. The number of benzene rings is 2. The number of nitrogen functional groups attached to an aromatic ring is 1. The average Bonchev–Trinajstić information content (AvgIpc) is 2.53. The van der Waals surface area contributed by atoms with Crippen molar-refractivity contribution < 1.29 is 9.13 Å². The Balaban J connectivity index is 1.84. The van der Waals surface area contributed by atoms with Gasteiger partial charge in [-0.05, 0) is 29.3 Å². The van der Waals surface area contributed by atoms with Crippen LogP contribution in [0.25, 0.3) is 11.1 Å². The van der Waals surface area contributed by atoms with Crippen LogP contribution in [0, 0.1) is 5.82 Å². The maximum Gasteiger partial charge on any atom is 0.142 e. The summed E-state index contributed by atoms with van der Waals surface area (Å²) in [6.45, 7) is 0.450. The number of pyridine rings is 1. The van der Waals surface area contributed by atoms with Gasteiger partial charge in [-0.15, -0.1) is 0 Å². The highest BCUT2D eigenvalue weighted by atomic mass is 19.1. The first-order valence-corrected chi connectivity index (χ1v) is 6.89. The molecule has 0 aliphatic heterocycles. The van der Waals surface area contributed by atoms with Crippen LogP contribution in [-0.2, 0) is 6.61 Å². The molecule has 3 aromatic rings. The summed E-state index contributed by atoms with van der Waals surface area (Å²) in [7, 11) is 0. The molecule has 0 radical (unpaired) electrons. The highest BCUT2D eigenvalue weighted by molar-refractivity contribution is 5.69. The number of aromatic nitrogens is 1. The average molecular weight is 294 g/mol. The van der Waals surface area contributed by atoms with Gasteiger partial charge in [-0.2, -0.15) is 0 Å². The Morgan fingerprint density at radius 3 is 2.55 bits per heavy atom. The van der Waals surface area contributed by atoms with Gasteiger partial charge in [-0.25, -0.2) is 4.39 Å². The third kappa shape index (κ3) is 3.41. The second-order valence-electron chi connectivity index (χ2n) is 4.96. The van der Waals surface area contributed by atoms with Crippen molar-refractivity contribution in [3.05, 3.63) is 78.4 Å². The SMILES string of the molecule is Nc1cc(OCc2ccccc2)cc(-c2cncc(F)c2)c1. The molecule has 0 unspecified atom stereocenters. The van der Waals surface area contributed by atoms with E-state index in [9.17, 15) is 4.39 Å². The molecule has 3 nitrogen and oxygen atoms in total. The lowest BCUT2D eigenvalue weighted by Crippen LogP contribution is -1.97. The molecular formula is C18H15FN2O. The molecule has 0 spiro atoms. The van der Waals surface area contributed by atoms with Crippen molar-refractivity contribution >= 4 is 5.69 Å². The molecule has 1 aromatic heterocycles. The Labute approximate surface area is 128 Å². The zero-order chi connectivity index (χ0) is 15.4. The molecule has 110 valence electrons. The molecule has 22 heavy (non-hydrogen) atoms. The van der Waals surface area contributed by atoms with E-state index in [0.29, 0.717) is 23.6 Å².